The average Bonchev–Trinajstić information content (AvgIpc) is 2.24. The second-order valence-electron chi connectivity index (χ2n) is 3.31. The van der Waals surface area contributed by atoms with Crippen molar-refractivity contribution in [2.75, 3.05) is 0 Å². The van der Waals surface area contributed by atoms with Crippen molar-refractivity contribution in [2.24, 2.45) is 10.7 Å². The number of nitrogens with zero attached hydrogens (tertiary/aromatic N) is 1. The quantitative estimate of drug-likeness (QED) is 0.724. The van der Waals surface area contributed by atoms with Gasteiger partial charge in [0.1, 0.15) is 11.9 Å². The number of aliphatic imine (C=N–C) groups is 1. The molecule has 1 aliphatic heterocycles. The number of rotatable bonds is 1. The first-order valence-corrected chi connectivity index (χ1v) is 4.72. The lowest BCUT2D eigenvalue weighted by molar-refractivity contribution is 0.474. The van der Waals surface area contributed by atoms with E-state index < -0.39 is 0 Å². The Morgan fingerprint density at radius 2 is 2.13 bits per heavy atom. The van der Waals surface area contributed by atoms with Crippen LogP contribution in [0.2, 0.25) is 0 Å². The molecule has 1 unspecified atom stereocenters. The van der Waals surface area contributed by atoms with E-state index >= 15 is 0 Å². The van der Waals surface area contributed by atoms with Gasteiger partial charge in [0.05, 0.1) is 0 Å². The lowest BCUT2D eigenvalue weighted by Crippen LogP contribution is -2.20. The fourth-order valence-corrected chi connectivity index (χ4v) is 1.40. The highest BCUT2D eigenvalue weighted by Gasteiger charge is 2.07. The fraction of sp³-hybridized carbons (Fsp3) is 0.0833. The predicted molar refractivity (Wildman–Crippen MR) is 61.7 cm³/mol. The first-order valence-electron chi connectivity index (χ1n) is 4.72. The van der Waals surface area contributed by atoms with Crippen LogP contribution in [0.25, 0.3) is 6.08 Å². The molecule has 1 aromatic rings. The molecule has 3 N–H and O–H groups in total. The molecule has 0 aliphatic carbocycles. The van der Waals surface area contributed by atoms with E-state index in [0.29, 0.717) is 0 Å². The molecule has 3 heteroatoms. The van der Waals surface area contributed by atoms with Crippen LogP contribution in [0.5, 0.6) is 5.75 Å². The summed E-state index contributed by atoms with van der Waals surface area (Å²) in [6, 6.07) is 7.13. The zero-order valence-electron chi connectivity index (χ0n) is 8.17. The van der Waals surface area contributed by atoms with Gasteiger partial charge >= 0.3 is 0 Å². The minimum Gasteiger partial charge on any atom is -0.507 e. The van der Waals surface area contributed by atoms with E-state index in [1.165, 1.54) is 0 Å². The summed E-state index contributed by atoms with van der Waals surface area (Å²) < 4.78 is 0. The summed E-state index contributed by atoms with van der Waals surface area (Å²) >= 11 is 0. The summed E-state index contributed by atoms with van der Waals surface area (Å²) in [6.07, 6.45) is 6.90. The van der Waals surface area contributed by atoms with Gasteiger partial charge in [-0.2, -0.15) is 0 Å². The zero-order chi connectivity index (χ0) is 10.7. The standard InChI is InChI=1S/C12H12N2O/c13-12-10(5-3-7-14-12)8-9-4-1-2-6-11(9)15/h1-8,12,15H,13H2/b10-8+. The van der Waals surface area contributed by atoms with Gasteiger partial charge < -0.3 is 10.8 Å². The summed E-state index contributed by atoms with van der Waals surface area (Å²) in [5.41, 5.74) is 7.42. The Hall–Kier alpha value is -1.87. The van der Waals surface area contributed by atoms with Crippen molar-refractivity contribution in [3.8, 4) is 5.75 Å². The topological polar surface area (TPSA) is 58.6 Å². The number of benzene rings is 1. The maximum Gasteiger partial charge on any atom is 0.123 e. The van der Waals surface area contributed by atoms with E-state index in [1.54, 1.807) is 18.3 Å². The SMILES string of the molecule is NC1N=CC=C/C1=C\c1ccccc1O. The van der Waals surface area contributed by atoms with E-state index in [2.05, 4.69) is 4.99 Å². The van der Waals surface area contributed by atoms with Gasteiger partial charge in [-0.15, -0.1) is 0 Å². The molecule has 0 saturated carbocycles. The highest BCUT2D eigenvalue weighted by molar-refractivity contribution is 5.76. The molecule has 0 radical (unpaired) electrons. The molecule has 0 aromatic heterocycles. The van der Waals surface area contributed by atoms with Crippen LogP contribution in [0.1, 0.15) is 5.56 Å². The molecule has 3 nitrogen and oxygen atoms in total. The van der Waals surface area contributed by atoms with E-state index in [1.807, 2.05) is 30.4 Å². The Balaban J connectivity index is 2.34. The molecule has 0 fully saturated rings. The highest BCUT2D eigenvalue weighted by atomic mass is 16.3. The van der Waals surface area contributed by atoms with Crippen molar-refractivity contribution < 1.29 is 5.11 Å². The molecule has 1 aliphatic rings. The van der Waals surface area contributed by atoms with Crippen molar-refractivity contribution in [1.82, 2.24) is 0 Å². The predicted octanol–water partition coefficient (Wildman–Crippen LogP) is 1.70. The molecule has 2 rings (SSSR count). The maximum atomic E-state index is 9.58. The molecule has 0 saturated heterocycles. The highest BCUT2D eigenvalue weighted by Crippen LogP contribution is 2.21. The van der Waals surface area contributed by atoms with Crippen LogP contribution in [0.3, 0.4) is 0 Å². The van der Waals surface area contributed by atoms with Crippen molar-refractivity contribution >= 4 is 12.3 Å². The molecular formula is C12H12N2O. The minimum absolute atomic E-state index is 0.250. The van der Waals surface area contributed by atoms with Crippen LogP contribution >= 0.6 is 0 Å². The second-order valence-corrected chi connectivity index (χ2v) is 3.31. The van der Waals surface area contributed by atoms with Gasteiger partial charge in [0.2, 0.25) is 0 Å². The van der Waals surface area contributed by atoms with Crippen LogP contribution < -0.4 is 5.73 Å². The number of hydrogen-bond donors (Lipinski definition) is 2. The number of phenols is 1. The van der Waals surface area contributed by atoms with Gasteiger partial charge in [-0.3, -0.25) is 4.99 Å². The number of nitrogens with two attached hydrogens (primary N) is 1. The van der Waals surface area contributed by atoms with Crippen molar-refractivity contribution in [2.45, 2.75) is 6.17 Å². The molecule has 1 aromatic carbocycles. The van der Waals surface area contributed by atoms with Gasteiger partial charge in [-0.1, -0.05) is 24.3 Å². The molecule has 0 spiro atoms. The van der Waals surface area contributed by atoms with Crippen molar-refractivity contribution in [3.05, 3.63) is 47.6 Å². The van der Waals surface area contributed by atoms with Gasteiger partial charge in [-0.25, -0.2) is 0 Å². The monoisotopic (exact) mass is 200 g/mol. The fourth-order valence-electron chi connectivity index (χ4n) is 1.40. The first kappa shape index (κ1) is 9.68. The van der Waals surface area contributed by atoms with Gasteiger partial charge in [0, 0.05) is 11.8 Å². The largest absolute Gasteiger partial charge is 0.507 e. The van der Waals surface area contributed by atoms with Crippen LogP contribution in [-0.4, -0.2) is 17.5 Å². The van der Waals surface area contributed by atoms with E-state index in [-0.39, 0.29) is 11.9 Å². The Kier molecular flexibility index (Phi) is 2.65. The third-order valence-electron chi connectivity index (χ3n) is 2.22. The molecule has 0 bridgehead atoms. The Morgan fingerprint density at radius 3 is 2.87 bits per heavy atom. The molecule has 0 amide bonds. The van der Waals surface area contributed by atoms with Crippen LogP contribution in [0.15, 0.2) is 47.0 Å². The van der Waals surface area contributed by atoms with Gasteiger partial charge in [0.15, 0.2) is 0 Å². The van der Waals surface area contributed by atoms with Crippen molar-refractivity contribution in [1.29, 1.82) is 0 Å². The molecular weight excluding hydrogens is 188 g/mol. The maximum absolute atomic E-state index is 9.58. The average molecular weight is 200 g/mol. The van der Waals surface area contributed by atoms with Crippen LogP contribution in [0, 0.1) is 0 Å². The van der Waals surface area contributed by atoms with E-state index in [4.69, 9.17) is 5.73 Å². The van der Waals surface area contributed by atoms with E-state index in [0.717, 1.165) is 11.1 Å². The molecule has 76 valence electrons. The number of para-hydroxylation sites is 1. The second kappa shape index (κ2) is 4.11. The molecule has 1 atom stereocenters. The summed E-state index contributed by atoms with van der Waals surface area (Å²) in [6.45, 7) is 0. The summed E-state index contributed by atoms with van der Waals surface area (Å²) in [7, 11) is 0. The summed E-state index contributed by atoms with van der Waals surface area (Å²) in [4.78, 5) is 4.05. The summed E-state index contributed by atoms with van der Waals surface area (Å²) in [5.74, 6) is 0.250. The molecule has 15 heavy (non-hydrogen) atoms. The number of hydrogen-bond acceptors (Lipinski definition) is 3. The third kappa shape index (κ3) is 2.14. The lowest BCUT2D eigenvalue weighted by Gasteiger charge is -2.11. The van der Waals surface area contributed by atoms with Crippen LogP contribution in [0.4, 0.5) is 0 Å². The van der Waals surface area contributed by atoms with Gasteiger partial charge in [0.25, 0.3) is 0 Å². The number of phenolic OH excluding ortho intramolecular Hbond substituents is 1. The number of dihydropyridines is 1. The van der Waals surface area contributed by atoms with Crippen LogP contribution in [-0.2, 0) is 0 Å². The minimum atomic E-state index is -0.338. The zero-order valence-corrected chi connectivity index (χ0v) is 8.17. The third-order valence-corrected chi connectivity index (χ3v) is 2.22. The Bertz CT molecular complexity index is 447. The molecule has 1 heterocycles. The van der Waals surface area contributed by atoms with E-state index in [9.17, 15) is 5.11 Å². The van der Waals surface area contributed by atoms with Gasteiger partial charge in [-0.05, 0) is 23.8 Å². The summed E-state index contributed by atoms with van der Waals surface area (Å²) in [5, 5.41) is 9.58. The normalized spacial score (nSPS) is 22.2. The Labute approximate surface area is 88.3 Å². The first-order chi connectivity index (χ1) is 7.27. The smallest absolute Gasteiger partial charge is 0.123 e. The Morgan fingerprint density at radius 1 is 1.33 bits per heavy atom. The number of aromatic hydroxyl groups is 1. The lowest BCUT2D eigenvalue weighted by atomic mass is 10.1. The van der Waals surface area contributed by atoms with Crippen molar-refractivity contribution in [3.63, 3.8) is 0 Å². The number of allylic oxidation sites excluding steroid dienone is 1.